The first-order valence-electron chi connectivity index (χ1n) is 8.55. The van der Waals surface area contributed by atoms with Gasteiger partial charge in [0.15, 0.2) is 11.5 Å². The van der Waals surface area contributed by atoms with Crippen LogP contribution in [0, 0.1) is 0 Å². The summed E-state index contributed by atoms with van der Waals surface area (Å²) in [5.74, 6) is 1.69. The van der Waals surface area contributed by atoms with Gasteiger partial charge in [-0.05, 0) is 43.2 Å². The molecule has 0 spiro atoms. The lowest BCUT2D eigenvalue weighted by Gasteiger charge is -2.12. The molecule has 4 nitrogen and oxygen atoms in total. The minimum Gasteiger partial charge on any atom is -0.454 e. The number of benzene rings is 1. The summed E-state index contributed by atoms with van der Waals surface area (Å²) in [6, 6.07) is 7.63. The smallest absolute Gasteiger partial charge is 0.231 e. The predicted molar refractivity (Wildman–Crippen MR) is 108 cm³/mol. The van der Waals surface area contributed by atoms with Crippen LogP contribution in [0.5, 0.6) is 11.5 Å². The van der Waals surface area contributed by atoms with Crippen LogP contribution in [0.15, 0.2) is 73.0 Å². The standard InChI is InChI=1S/C12H20N2.C7H6O2.C2H6/c1-5-9-14-11(4)12(7-8-13)10(3)6-2;1-2-4-7-6(3-1)8-5-9-7;1-2/h5-6,14H,1-3,7-9,13H2,4H3;1-4H,5H2;1-2H3/b12-11-;;. The van der Waals surface area contributed by atoms with Crippen molar-refractivity contribution in [2.24, 2.45) is 5.73 Å². The monoisotopic (exact) mass is 344 g/mol. The van der Waals surface area contributed by atoms with Gasteiger partial charge in [0.05, 0.1) is 0 Å². The van der Waals surface area contributed by atoms with Gasteiger partial charge >= 0.3 is 0 Å². The fourth-order valence-corrected chi connectivity index (χ4v) is 2.03. The number of para-hydroxylation sites is 2. The first-order valence-corrected chi connectivity index (χ1v) is 8.55. The molecule has 1 aromatic rings. The van der Waals surface area contributed by atoms with Crippen LogP contribution in [0.2, 0.25) is 0 Å². The fraction of sp³-hybridized carbons (Fsp3) is 0.333. The van der Waals surface area contributed by atoms with Gasteiger partial charge in [-0.25, -0.2) is 0 Å². The highest BCUT2D eigenvalue weighted by Gasteiger charge is 2.09. The van der Waals surface area contributed by atoms with Crippen molar-refractivity contribution in [3.8, 4) is 11.5 Å². The first-order chi connectivity index (χ1) is 12.1. The van der Waals surface area contributed by atoms with Crippen molar-refractivity contribution in [1.29, 1.82) is 0 Å². The highest BCUT2D eigenvalue weighted by Crippen LogP contribution is 2.30. The Kier molecular flexibility index (Phi) is 12.6. The molecular weight excluding hydrogens is 312 g/mol. The van der Waals surface area contributed by atoms with E-state index in [0.29, 0.717) is 13.3 Å². The maximum Gasteiger partial charge on any atom is 0.231 e. The zero-order valence-corrected chi connectivity index (χ0v) is 15.8. The summed E-state index contributed by atoms with van der Waals surface area (Å²) in [6.45, 7) is 19.0. The van der Waals surface area contributed by atoms with Crippen molar-refractivity contribution in [3.05, 3.63) is 73.0 Å². The molecule has 0 fully saturated rings. The van der Waals surface area contributed by atoms with Gasteiger partial charge in [0.25, 0.3) is 0 Å². The second-order valence-electron chi connectivity index (χ2n) is 4.89. The molecule has 1 aliphatic heterocycles. The van der Waals surface area contributed by atoms with Gasteiger partial charge in [-0.2, -0.15) is 0 Å². The molecule has 3 N–H and O–H groups in total. The number of fused-ring (bicyclic) bond motifs is 1. The van der Waals surface area contributed by atoms with Gasteiger partial charge in [0.1, 0.15) is 0 Å². The summed E-state index contributed by atoms with van der Waals surface area (Å²) in [4.78, 5) is 0. The number of hydrogen-bond donors (Lipinski definition) is 2. The minimum absolute atomic E-state index is 0.360. The van der Waals surface area contributed by atoms with Gasteiger partial charge in [0, 0.05) is 12.2 Å². The number of hydrogen-bond acceptors (Lipinski definition) is 4. The molecule has 4 heteroatoms. The molecule has 0 bridgehead atoms. The van der Waals surface area contributed by atoms with E-state index in [9.17, 15) is 0 Å². The average molecular weight is 344 g/mol. The van der Waals surface area contributed by atoms with E-state index >= 15 is 0 Å². The highest BCUT2D eigenvalue weighted by atomic mass is 16.7. The zero-order chi connectivity index (χ0) is 19.1. The number of allylic oxidation sites excluding steroid dienone is 3. The lowest BCUT2D eigenvalue weighted by molar-refractivity contribution is 0.174. The molecule has 0 amide bonds. The van der Waals surface area contributed by atoms with E-state index in [4.69, 9.17) is 15.2 Å². The molecule has 2 rings (SSSR count). The summed E-state index contributed by atoms with van der Waals surface area (Å²) < 4.78 is 10.2. The van der Waals surface area contributed by atoms with Gasteiger partial charge in [0.2, 0.25) is 6.79 Å². The summed E-state index contributed by atoms with van der Waals surface area (Å²) in [6.07, 6.45) is 4.39. The summed E-state index contributed by atoms with van der Waals surface area (Å²) in [5.41, 5.74) is 8.71. The Morgan fingerprint density at radius 2 is 1.76 bits per heavy atom. The second-order valence-corrected chi connectivity index (χ2v) is 4.89. The molecule has 1 aromatic carbocycles. The maximum absolute atomic E-state index is 5.53. The molecule has 1 aliphatic rings. The van der Waals surface area contributed by atoms with Crippen LogP contribution in [0.4, 0.5) is 0 Å². The van der Waals surface area contributed by atoms with Crippen LogP contribution in [0.3, 0.4) is 0 Å². The molecule has 0 atom stereocenters. The highest BCUT2D eigenvalue weighted by molar-refractivity contribution is 5.41. The van der Waals surface area contributed by atoms with E-state index in [1.807, 2.05) is 51.1 Å². The summed E-state index contributed by atoms with van der Waals surface area (Å²) >= 11 is 0. The third-order valence-electron chi connectivity index (χ3n) is 3.27. The van der Waals surface area contributed by atoms with E-state index in [1.165, 1.54) is 0 Å². The number of ether oxygens (including phenoxy) is 2. The van der Waals surface area contributed by atoms with Crippen molar-refractivity contribution in [1.82, 2.24) is 5.32 Å². The Balaban J connectivity index is 0.000000444. The summed E-state index contributed by atoms with van der Waals surface area (Å²) in [5, 5.41) is 3.23. The van der Waals surface area contributed by atoms with E-state index in [1.54, 1.807) is 6.08 Å². The van der Waals surface area contributed by atoms with Crippen molar-refractivity contribution in [2.75, 3.05) is 19.9 Å². The van der Waals surface area contributed by atoms with Crippen LogP contribution < -0.4 is 20.5 Å². The van der Waals surface area contributed by atoms with Crippen molar-refractivity contribution < 1.29 is 9.47 Å². The second kappa shape index (κ2) is 13.9. The normalized spacial score (nSPS) is 11.7. The largest absolute Gasteiger partial charge is 0.454 e. The molecule has 0 saturated heterocycles. The average Bonchev–Trinajstić information content (AvgIpc) is 3.14. The van der Waals surface area contributed by atoms with E-state index in [2.05, 4.69) is 25.1 Å². The molecule has 0 aromatic heterocycles. The van der Waals surface area contributed by atoms with E-state index < -0.39 is 0 Å². The Morgan fingerprint density at radius 1 is 1.20 bits per heavy atom. The lowest BCUT2D eigenvalue weighted by Crippen LogP contribution is -2.15. The van der Waals surface area contributed by atoms with Crippen LogP contribution in [0.1, 0.15) is 27.2 Å². The number of rotatable bonds is 7. The predicted octanol–water partition coefficient (Wildman–Crippen LogP) is 4.57. The molecule has 0 radical (unpaired) electrons. The zero-order valence-electron chi connectivity index (χ0n) is 15.8. The number of nitrogens with two attached hydrogens (primary N) is 1. The number of nitrogens with one attached hydrogen (secondary N) is 1. The van der Waals surface area contributed by atoms with Crippen LogP contribution in [0.25, 0.3) is 0 Å². The Morgan fingerprint density at radius 3 is 2.20 bits per heavy atom. The summed E-state index contributed by atoms with van der Waals surface area (Å²) in [7, 11) is 0. The quantitative estimate of drug-likeness (QED) is 0.562. The molecule has 0 saturated carbocycles. The lowest BCUT2D eigenvalue weighted by atomic mass is 10.0. The Hall–Kier alpha value is -2.46. The van der Waals surface area contributed by atoms with Crippen molar-refractivity contribution in [3.63, 3.8) is 0 Å². The van der Waals surface area contributed by atoms with Crippen molar-refractivity contribution >= 4 is 0 Å². The van der Waals surface area contributed by atoms with Crippen molar-refractivity contribution in [2.45, 2.75) is 27.2 Å². The van der Waals surface area contributed by atoms with Crippen LogP contribution >= 0.6 is 0 Å². The van der Waals surface area contributed by atoms with Gasteiger partial charge in [-0.15, -0.1) is 6.58 Å². The minimum atomic E-state index is 0.360. The Bertz CT molecular complexity index is 554. The van der Waals surface area contributed by atoms with Gasteiger partial charge in [-0.3, -0.25) is 0 Å². The molecule has 25 heavy (non-hydrogen) atoms. The topological polar surface area (TPSA) is 56.5 Å². The molecule has 0 aliphatic carbocycles. The van der Waals surface area contributed by atoms with Gasteiger partial charge < -0.3 is 20.5 Å². The third-order valence-corrected chi connectivity index (χ3v) is 3.27. The van der Waals surface area contributed by atoms with E-state index in [-0.39, 0.29) is 0 Å². The first kappa shape index (κ1) is 22.5. The fourth-order valence-electron chi connectivity index (χ4n) is 2.03. The molecule has 138 valence electrons. The Labute approximate surface area is 152 Å². The molecular formula is C21H32N2O2. The van der Waals surface area contributed by atoms with Gasteiger partial charge in [-0.1, -0.05) is 51.3 Å². The third kappa shape index (κ3) is 8.27. The molecule has 1 heterocycles. The molecule has 0 unspecified atom stereocenters. The van der Waals surface area contributed by atoms with Crippen LogP contribution in [-0.4, -0.2) is 19.9 Å². The maximum atomic E-state index is 5.53. The van der Waals surface area contributed by atoms with Crippen LogP contribution in [-0.2, 0) is 0 Å². The SMILES string of the molecule is C=CCN/C(C)=C(/CCN)C(=C)C=C.CC.c1ccc2c(c1)OCO2. The van der Waals surface area contributed by atoms with E-state index in [0.717, 1.165) is 41.3 Å².